The van der Waals surface area contributed by atoms with Crippen molar-refractivity contribution in [2.45, 2.75) is 13.0 Å². The molecule has 4 rings (SSSR count). The second-order valence-corrected chi connectivity index (χ2v) is 7.42. The molecular weight excluding hydrogens is 411 g/mol. The predicted molar refractivity (Wildman–Crippen MR) is 118 cm³/mol. The Labute approximate surface area is 182 Å². The van der Waals surface area contributed by atoms with Gasteiger partial charge in [0.2, 0.25) is 0 Å². The molecule has 0 unspecified atom stereocenters. The van der Waals surface area contributed by atoms with E-state index in [1.54, 1.807) is 54.6 Å². The first-order valence-corrected chi connectivity index (χ1v) is 9.90. The average molecular weight is 430 g/mol. The molecular formula is C25H19FN2O4. The molecule has 0 saturated heterocycles. The van der Waals surface area contributed by atoms with E-state index >= 15 is 0 Å². The summed E-state index contributed by atoms with van der Waals surface area (Å²) in [5.74, 6) is -1.79. The number of aromatic carboxylic acids is 1. The molecule has 6 nitrogen and oxygen atoms in total. The first-order valence-electron chi connectivity index (χ1n) is 9.90. The van der Waals surface area contributed by atoms with Crippen LogP contribution in [0.2, 0.25) is 0 Å². The quantitative estimate of drug-likeness (QED) is 0.445. The smallest absolute Gasteiger partial charge is 0.335 e. The Morgan fingerprint density at radius 3 is 2.25 bits per heavy atom. The monoisotopic (exact) mass is 430 g/mol. The number of carbonyl (C=O) groups is 2. The van der Waals surface area contributed by atoms with E-state index < -0.39 is 11.9 Å². The minimum atomic E-state index is -1.02. The molecule has 1 heterocycles. The van der Waals surface area contributed by atoms with E-state index in [0.29, 0.717) is 22.0 Å². The van der Waals surface area contributed by atoms with E-state index in [9.17, 15) is 18.9 Å². The van der Waals surface area contributed by atoms with Gasteiger partial charge in [0.25, 0.3) is 11.5 Å². The molecule has 0 fully saturated rings. The Hall–Kier alpha value is -4.26. The zero-order valence-corrected chi connectivity index (χ0v) is 16.9. The number of carboxylic acids is 1. The number of pyridine rings is 1. The van der Waals surface area contributed by atoms with Crippen molar-refractivity contribution in [1.82, 2.24) is 10.1 Å². The van der Waals surface area contributed by atoms with E-state index in [2.05, 4.69) is 4.98 Å². The number of rotatable bonds is 6. The van der Waals surface area contributed by atoms with Crippen LogP contribution in [0.5, 0.6) is 0 Å². The van der Waals surface area contributed by atoms with Crippen molar-refractivity contribution in [2.24, 2.45) is 0 Å². The van der Waals surface area contributed by atoms with Gasteiger partial charge in [-0.15, -0.1) is 0 Å². The molecule has 2 N–H and O–H groups in total. The summed E-state index contributed by atoms with van der Waals surface area (Å²) in [6, 6.07) is 21.4. The van der Waals surface area contributed by atoms with E-state index in [0.717, 1.165) is 5.56 Å². The Balaban J connectivity index is 1.59. The van der Waals surface area contributed by atoms with Crippen LogP contribution in [0, 0.1) is 0 Å². The van der Waals surface area contributed by atoms with Crippen LogP contribution >= 0.6 is 0 Å². The van der Waals surface area contributed by atoms with Gasteiger partial charge in [-0.3, -0.25) is 9.59 Å². The van der Waals surface area contributed by atoms with Gasteiger partial charge in [-0.2, -0.15) is 5.12 Å². The highest BCUT2D eigenvalue weighted by molar-refractivity contribution is 5.97. The minimum absolute atomic E-state index is 0.160. The van der Waals surface area contributed by atoms with Crippen LogP contribution in [0.3, 0.4) is 0 Å². The fourth-order valence-electron chi connectivity index (χ4n) is 3.46. The molecule has 0 radical (unpaired) electrons. The summed E-state index contributed by atoms with van der Waals surface area (Å²) < 4.78 is 14.5. The summed E-state index contributed by atoms with van der Waals surface area (Å²) in [6.07, 6.45) is 0.284. The third-order valence-corrected chi connectivity index (χ3v) is 5.15. The molecule has 1 amide bonds. The molecule has 0 aliphatic heterocycles. The number of halogens is 1. The zero-order valence-electron chi connectivity index (χ0n) is 16.9. The van der Waals surface area contributed by atoms with Crippen molar-refractivity contribution in [1.29, 1.82) is 0 Å². The maximum absolute atomic E-state index is 14.5. The summed E-state index contributed by atoms with van der Waals surface area (Å²) in [5, 5.41) is 9.77. The third kappa shape index (κ3) is 4.57. The Morgan fingerprint density at radius 1 is 0.875 bits per heavy atom. The van der Waals surface area contributed by atoms with Crippen molar-refractivity contribution < 1.29 is 19.2 Å². The fourth-order valence-corrected chi connectivity index (χ4v) is 3.46. The van der Waals surface area contributed by atoms with Gasteiger partial charge >= 0.3 is 5.97 Å². The van der Waals surface area contributed by atoms with Crippen molar-refractivity contribution in [3.8, 4) is 0 Å². The maximum atomic E-state index is 14.5. The number of carboxylic acid groups (broad SMARTS) is 1. The number of benzene rings is 3. The number of hydrogen-bond acceptors (Lipinski definition) is 3. The van der Waals surface area contributed by atoms with Crippen molar-refractivity contribution >= 4 is 22.8 Å². The number of carbonyl (C=O) groups excluding carboxylic acids is 1. The molecule has 0 aliphatic rings. The second kappa shape index (κ2) is 8.85. The molecule has 4 aromatic rings. The molecule has 7 heteroatoms. The predicted octanol–water partition coefficient (Wildman–Crippen LogP) is 4.34. The van der Waals surface area contributed by atoms with Gasteiger partial charge in [0.1, 0.15) is 0 Å². The summed E-state index contributed by atoms with van der Waals surface area (Å²) in [6.45, 7) is -0.166. The van der Waals surface area contributed by atoms with E-state index in [1.807, 2.05) is 6.07 Å². The molecule has 0 spiro atoms. The van der Waals surface area contributed by atoms with Crippen LogP contribution in [-0.2, 0) is 13.0 Å². The highest BCUT2D eigenvalue weighted by atomic mass is 19.2. The Bertz CT molecular complexity index is 1350. The molecule has 0 atom stereocenters. The van der Waals surface area contributed by atoms with Gasteiger partial charge in [0.05, 0.1) is 12.1 Å². The Kier molecular flexibility index (Phi) is 5.81. The number of hydrogen-bond donors (Lipinski definition) is 2. The van der Waals surface area contributed by atoms with Gasteiger partial charge in [0, 0.05) is 23.1 Å². The number of aromatic amines is 1. The maximum Gasteiger partial charge on any atom is 0.335 e. The van der Waals surface area contributed by atoms with Crippen LogP contribution in [-0.4, -0.2) is 27.1 Å². The first-order chi connectivity index (χ1) is 15.4. The van der Waals surface area contributed by atoms with Gasteiger partial charge in [-0.1, -0.05) is 46.9 Å². The van der Waals surface area contributed by atoms with Crippen molar-refractivity contribution in [3.63, 3.8) is 0 Å². The lowest BCUT2D eigenvalue weighted by Crippen LogP contribution is -2.22. The number of aromatic nitrogens is 1. The summed E-state index contributed by atoms with van der Waals surface area (Å²) >= 11 is 0. The highest BCUT2D eigenvalue weighted by Crippen LogP contribution is 2.18. The normalized spacial score (nSPS) is 10.8. The molecule has 0 bridgehead atoms. The lowest BCUT2D eigenvalue weighted by molar-refractivity contribution is 0.0148. The molecule has 3 aromatic carbocycles. The van der Waals surface area contributed by atoms with E-state index in [-0.39, 0.29) is 34.8 Å². The topological polar surface area (TPSA) is 90.5 Å². The van der Waals surface area contributed by atoms with Crippen molar-refractivity contribution in [3.05, 3.63) is 117 Å². The molecule has 0 aliphatic carbocycles. The Morgan fingerprint density at radius 2 is 1.56 bits per heavy atom. The first kappa shape index (κ1) is 21.0. The number of nitrogens with zero attached hydrogens (tertiary/aromatic N) is 1. The minimum Gasteiger partial charge on any atom is -0.478 e. The van der Waals surface area contributed by atoms with Gasteiger partial charge in [-0.25, -0.2) is 4.79 Å². The SMILES string of the molecule is O=C(O)c1ccc(Cc2cc3cc(C(=O)N(F)Cc4ccccc4)ccc3[nH]c2=O)cc1. The lowest BCUT2D eigenvalue weighted by Gasteiger charge is -2.13. The average Bonchev–Trinajstić information content (AvgIpc) is 2.80. The van der Waals surface area contributed by atoms with Gasteiger partial charge < -0.3 is 10.1 Å². The van der Waals surface area contributed by atoms with Gasteiger partial charge in [0.15, 0.2) is 0 Å². The van der Waals surface area contributed by atoms with Gasteiger partial charge in [-0.05, 0) is 52.9 Å². The molecule has 32 heavy (non-hydrogen) atoms. The number of H-pyrrole nitrogens is 1. The highest BCUT2D eigenvalue weighted by Gasteiger charge is 2.17. The molecule has 1 aromatic heterocycles. The zero-order chi connectivity index (χ0) is 22.7. The van der Waals surface area contributed by atoms with Crippen LogP contribution in [0.4, 0.5) is 4.48 Å². The van der Waals surface area contributed by atoms with Crippen LogP contribution in [0.1, 0.15) is 37.4 Å². The summed E-state index contributed by atoms with van der Waals surface area (Å²) in [4.78, 5) is 38.8. The largest absolute Gasteiger partial charge is 0.478 e. The van der Waals surface area contributed by atoms with E-state index in [1.165, 1.54) is 18.2 Å². The van der Waals surface area contributed by atoms with Crippen LogP contribution in [0.15, 0.2) is 83.7 Å². The lowest BCUT2D eigenvalue weighted by atomic mass is 10.0. The van der Waals surface area contributed by atoms with E-state index in [4.69, 9.17) is 5.11 Å². The summed E-state index contributed by atoms with van der Waals surface area (Å²) in [5.41, 5.74) is 2.47. The van der Waals surface area contributed by atoms with Crippen LogP contribution < -0.4 is 5.56 Å². The second-order valence-electron chi connectivity index (χ2n) is 7.42. The number of amides is 1. The molecule has 0 saturated carbocycles. The standard InChI is InChI=1S/C25H19FN2O4/c26-28(15-17-4-2-1-3-5-17)24(30)19-10-11-22-20(13-19)14-21(23(29)27-22)12-16-6-8-18(9-7-16)25(31)32/h1-11,13-14H,12,15H2,(H,27,29)(H,31,32). The van der Waals surface area contributed by atoms with Crippen molar-refractivity contribution in [2.75, 3.05) is 0 Å². The number of fused-ring (bicyclic) bond motifs is 1. The third-order valence-electron chi connectivity index (χ3n) is 5.15. The summed E-state index contributed by atoms with van der Waals surface area (Å²) in [7, 11) is 0. The molecule has 160 valence electrons. The fraction of sp³-hybridized carbons (Fsp3) is 0.0800. The number of nitrogens with one attached hydrogen (secondary N) is 1. The van der Waals surface area contributed by atoms with Crippen LogP contribution in [0.25, 0.3) is 10.9 Å².